The molecule has 1 heteroatoms. The summed E-state index contributed by atoms with van der Waals surface area (Å²) in [5.41, 5.74) is 0. The van der Waals surface area contributed by atoms with Gasteiger partial charge >= 0.3 is 0 Å². The molecule has 3 unspecified atom stereocenters. The van der Waals surface area contributed by atoms with Crippen molar-refractivity contribution in [2.75, 3.05) is 6.54 Å². The molecule has 1 N–H and O–H groups in total. The standard InChI is InChI=1S/C8H15N/c1-6-8-3-2-7(4-8)5-9-6/h6-9H,2-5H2,1H3. The van der Waals surface area contributed by atoms with Crippen molar-refractivity contribution in [1.29, 1.82) is 0 Å². The Morgan fingerprint density at radius 2 is 2.22 bits per heavy atom. The quantitative estimate of drug-likeness (QED) is 0.516. The van der Waals surface area contributed by atoms with Crippen LogP contribution in [0.2, 0.25) is 0 Å². The van der Waals surface area contributed by atoms with Gasteiger partial charge in [-0.1, -0.05) is 0 Å². The zero-order valence-electron chi connectivity index (χ0n) is 6.06. The average molecular weight is 125 g/mol. The van der Waals surface area contributed by atoms with E-state index in [0.717, 1.165) is 17.9 Å². The Morgan fingerprint density at radius 1 is 1.33 bits per heavy atom. The van der Waals surface area contributed by atoms with E-state index < -0.39 is 0 Å². The van der Waals surface area contributed by atoms with Crippen molar-refractivity contribution in [2.45, 2.75) is 32.2 Å². The lowest BCUT2D eigenvalue weighted by molar-refractivity contribution is 0.305. The van der Waals surface area contributed by atoms with Crippen LogP contribution in [0.5, 0.6) is 0 Å². The average Bonchev–Trinajstić information content (AvgIpc) is 2.25. The van der Waals surface area contributed by atoms with Gasteiger partial charge in [-0.2, -0.15) is 0 Å². The van der Waals surface area contributed by atoms with Gasteiger partial charge in [0.1, 0.15) is 0 Å². The molecule has 1 heterocycles. The second-order valence-corrected chi connectivity index (χ2v) is 3.64. The summed E-state index contributed by atoms with van der Waals surface area (Å²) in [6.45, 7) is 3.61. The zero-order chi connectivity index (χ0) is 6.27. The first-order valence-corrected chi connectivity index (χ1v) is 4.09. The number of nitrogens with one attached hydrogen (secondary N) is 1. The molecule has 0 aromatic rings. The minimum Gasteiger partial charge on any atom is -0.314 e. The van der Waals surface area contributed by atoms with E-state index in [2.05, 4.69) is 12.2 Å². The van der Waals surface area contributed by atoms with E-state index in [9.17, 15) is 0 Å². The van der Waals surface area contributed by atoms with Crippen molar-refractivity contribution < 1.29 is 0 Å². The molecule has 52 valence electrons. The summed E-state index contributed by atoms with van der Waals surface area (Å²) in [5.74, 6) is 2.05. The molecule has 1 aliphatic heterocycles. The summed E-state index contributed by atoms with van der Waals surface area (Å²) in [5, 5.41) is 3.54. The van der Waals surface area contributed by atoms with Crippen LogP contribution in [0.15, 0.2) is 0 Å². The van der Waals surface area contributed by atoms with E-state index in [-0.39, 0.29) is 0 Å². The Balaban J connectivity index is 2.05. The van der Waals surface area contributed by atoms with E-state index in [1.54, 1.807) is 0 Å². The molecular formula is C8H15N. The highest BCUT2D eigenvalue weighted by Crippen LogP contribution is 2.35. The smallest absolute Gasteiger partial charge is 0.00672 e. The van der Waals surface area contributed by atoms with Crippen molar-refractivity contribution >= 4 is 0 Å². The molecule has 2 bridgehead atoms. The monoisotopic (exact) mass is 125 g/mol. The third-order valence-corrected chi connectivity index (χ3v) is 3.02. The van der Waals surface area contributed by atoms with Crippen LogP contribution in [0.4, 0.5) is 0 Å². The molecule has 2 aliphatic rings. The summed E-state index contributed by atoms with van der Waals surface area (Å²) in [4.78, 5) is 0. The van der Waals surface area contributed by atoms with Gasteiger partial charge in [0.15, 0.2) is 0 Å². The number of piperidine rings is 1. The fraction of sp³-hybridized carbons (Fsp3) is 1.00. The fourth-order valence-electron chi connectivity index (χ4n) is 2.27. The van der Waals surface area contributed by atoms with Gasteiger partial charge in [-0.25, -0.2) is 0 Å². The van der Waals surface area contributed by atoms with Crippen LogP contribution in [0.25, 0.3) is 0 Å². The Hall–Kier alpha value is -0.0400. The largest absolute Gasteiger partial charge is 0.314 e. The van der Waals surface area contributed by atoms with E-state index in [0.29, 0.717) is 0 Å². The second kappa shape index (κ2) is 1.98. The van der Waals surface area contributed by atoms with Crippen LogP contribution in [0.1, 0.15) is 26.2 Å². The van der Waals surface area contributed by atoms with Gasteiger partial charge in [-0.05, 0) is 44.6 Å². The molecular weight excluding hydrogens is 110 g/mol. The summed E-state index contributed by atoms with van der Waals surface area (Å²) in [6, 6.07) is 0.809. The SMILES string of the molecule is CC1NCC2CCC1C2. The molecule has 0 aromatic heterocycles. The van der Waals surface area contributed by atoms with Gasteiger partial charge in [0.25, 0.3) is 0 Å². The topological polar surface area (TPSA) is 12.0 Å². The highest BCUT2D eigenvalue weighted by Gasteiger charge is 2.32. The predicted octanol–water partition coefficient (Wildman–Crippen LogP) is 1.39. The molecule has 2 fully saturated rings. The maximum absolute atomic E-state index is 3.54. The molecule has 1 saturated heterocycles. The molecule has 2 rings (SSSR count). The Bertz CT molecular complexity index is 111. The molecule has 1 saturated carbocycles. The summed E-state index contributed by atoms with van der Waals surface area (Å²) in [6.07, 6.45) is 4.48. The summed E-state index contributed by atoms with van der Waals surface area (Å²) in [7, 11) is 0. The summed E-state index contributed by atoms with van der Waals surface area (Å²) >= 11 is 0. The molecule has 1 nitrogen and oxygen atoms in total. The third-order valence-electron chi connectivity index (χ3n) is 3.02. The molecule has 0 radical (unpaired) electrons. The minimum absolute atomic E-state index is 0.809. The Morgan fingerprint density at radius 3 is 3.00 bits per heavy atom. The molecule has 0 aromatic carbocycles. The van der Waals surface area contributed by atoms with Crippen molar-refractivity contribution in [3.05, 3.63) is 0 Å². The van der Waals surface area contributed by atoms with E-state index in [1.165, 1.54) is 25.8 Å². The number of hydrogen-bond acceptors (Lipinski definition) is 1. The van der Waals surface area contributed by atoms with Gasteiger partial charge in [-0.15, -0.1) is 0 Å². The fourth-order valence-corrected chi connectivity index (χ4v) is 2.27. The maximum Gasteiger partial charge on any atom is 0.00672 e. The van der Waals surface area contributed by atoms with Crippen molar-refractivity contribution in [3.63, 3.8) is 0 Å². The van der Waals surface area contributed by atoms with Gasteiger partial charge in [0.2, 0.25) is 0 Å². The summed E-state index contributed by atoms with van der Waals surface area (Å²) < 4.78 is 0. The molecule has 0 amide bonds. The number of rotatable bonds is 0. The van der Waals surface area contributed by atoms with Crippen LogP contribution in [0.3, 0.4) is 0 Å². The highest BCUT2D eigenvalue weighted by molar-refractivity contribution is 4.88. The van der Waals surface area contributed by atoms with Gasteiger partial charge in [-0.3, -0.25) is 0 Å². The lowest BCUT2D eigenvalue weighted by Gasteiger charge is -2.26. The van der Waals surface area contributed by atoms with Crippen LogP contribution in [-0.4, -0.2) is 12.6 Å². The number of hydrogen-bond donors (Lipinski definition) is 1. The van der Waals surface area contributed by atoms with E-state index in [4.69, 9.17) is 0 Å². The molecule has 1 aliphatic carbocycles. The van der Waals surface area contributed by atoms with Gasteiger partial charge in [0.05, 0.1) is 0 Å². The van der Waals surface area contributed by atoms with E-state index in [1.807, 2.05) is 0 Å². The minimum atomic E-state index is 0.809. The molecule has 0 spiro atoms. The van der Waals surface area contributed by atoms with Crippen molar-refractivity contribution in [3.8, 4) is 0 Å². The first-order valence-electron chi connectivity index (χ1n) is 4.09. The van der Waals surface area contributed by atoms with E-state index >= 15 is 0 Å². The Kier molecular flexibility index (Phi) is 1.26. The molecule has 3 atom stereocenters. The van der Waals surface area contributed by atoms with Crippen molar-refractivity contribution in [1.82, 2.24) is 5.32 Å². The first kappa shape index (κ1) is 5.72. The third kappa shape index (κ3) is 0.877. The van der Waals surface area contributed by atoms with Crippen LogP contribution in [-0.2, 0) is 0 Å². The lowest BCUT2D eigenvalue weighted by Crippen LogP contribution is -2.38. The first-order chi connectivity index (χ1) is 4.36. The van der Waals surface area contributed by atoms with Crippen LogP contribution in [0, 0.1) is 11.8 Å². The van der Waals surface area contributed by atoms with Crippen LogP contribution >= 0.6 is 0 Å². The predicted molar refractivity (Wildman–Crippen MR) is 38.3 cm³/mol. The van der Waals surface area contributed by atoms with Crippen LogP contribution < -0.4 is 5.32 Å². The normalized spacial score (nSPS) is 49.7. The molecule has 9 heavy (non-hydrogen) atoms. The van der Waals surface area contributed by atoms with Crippen molar-refractivity contribution in [2.24, 2.45) is 11.8 Å². The number of fused-ring (bicyclic) bond motifs is 2. The zero-order valence-corrected chi connectivity index (χ0v) is 6.06. The van der Waals surface area contributed by atoms with Gasteiger partial charge < -0.3 is 5.32 Å². The van der Waals surface area contributed by atoms with Gasteiger partial charge in [0, 0.05) is 6.04 Å². The highest BCUT2D eigenvalue weighted by atomic mass is 14.9. The maximum atomic E-state index is 3.54. The lowest BCUT2D eigenvalue weighted by atomic mass is 9.94. The Labute approximate surface area is 56.8 Å². The second-order valence-electron chi connectivity index (χ2n) is 3.64.